The minimum Gasteiger partial charge on any atom is -0.497 e. The Kier molecular flexibility index (Phi) is 7.89. The first kappa shape index (κ1) is 22.9. The van der Waals surface area contributed by atoms with Crippen molar-refractivity contribution in [2.24, 2.45) is 11.8 Å². The number of rotatable bonds is 10. The number of ether oxygens (including phenoxy) is 2. The standard InChI is InChI=1S/C29H38O3/c1-31-26-15-11-23(12-16-26)28(21-7-3-4-8-21)19-25(30)20-29(22-9-5-6-10-22)24-13-17-27(32-2)18-14-24/h11-18,21-22,28-29H,3-10,19-20H2,1-2H3/t28-,29-/m1/s1. The Morgan fingerprint density at radius 3 is 1.34 bits per heavy atom. The van der Waals surface area contributed by atoms with Crippen LogP contribution in [-0.4, -0.2) is 20.0 Å². The second kappa shape index (κ2) is 11.0. The van der Waals surface area contributed by atoms with Crippen molar-refractivity contribution in [2.75, 3.05) is 14.2 Å². The molecule has 0 bridgehead atoms. The van der Waals surface area contributed by atoms with Crippen LogP contribution in [0.5, 0.6) is 11.5 Å². The third kappa shape index (κ3) is 5.54. The van der Waals surface area contributed by atoms with Crippen LogP contribution >= 0.6 is 0 Å². The highest BCUT2D eigenvalue weighted by atomic mass is 16.5. The van der Waals surface area contributed by atoms with Gasteiger partial charge in [0.05, 0.1) is 14.2 Å². The van der Waals surface area contributed by atoms with Crippen LogP contribution in [0, 0.1) is 11.8 Å². The number of ketones is 1. The highest BCUT2D eigenvalue weighted by Gasteiger charge is 2.32. The van der Waals surface area contributed by atoms with Crippen LogP contribution in [0.15, 0.2) is 48.5 Å². The molecule has 0 radical (unpaired) electrons. The average molecular weight is 435 g/mol. The topological polar surface area (TPSA) is 35.5 Å². The normalized spacial score (nSPS) is 19.1. The van der Waals surface area contributed by atoms with Crippen LogP contribution in [0.1, 0.15) is 87.2 Å². The molecule has 2 aromatic carbocycles. The van der Waals surface area contributed by atoms with Gasteiger partial charge in [0.1, 0.15) is 17.3 Å². The molecule has 0 amide bonds. The van der Waals surface area contributed by atoms with Crippen LogP contribution in [0.2, 0.25) is 0 Å². The lowest BCUT2D eigenvalue weighted by atomic mass is 9.77. The summed E-state index contributed by atoms with van der Waals surface area (Å²) in [7, 11) is 3.41. The van der Waals surface area contributed by atoms with Gasteiger partial charge < -0.3 is 9.47 Å². The summed E-state index contributed by atoms with van der Waals surface area (Å²) in [5.41, 5.74) is 2.60. The van der Waals surface area contributed by atoms with Crippen LogP contribution in [0.4, 0.5) is 0 Å². The molecule has 2 aliphatic rings. The fraction of sp³-hybridized carbons (Fsp3) is 0.552. The Labute approximate surface area is 193 Å². The molecule has 0 unspecified atom stereocenters. The summed E-state index contributed by atoms with van der Waals surface area (Å²) >= 11 is 0. The van der Waals surface area contributed by atoms with Gasteiger partial charge in [-0.1, -0.05) is 49.9 Å². The van der Waals surface area contributed by atoms with Crippen LogP contribution < -0.4 is 9.47 Å². The van der Waals surface area contributed by atoms with E-state index < -0.39 is 0 Å². The maximum Gasteiger partial charge on any atom is 0.134 e. The number of methoxy groups -OCH3 is 2. The largest absolute Gasteiger partial charge is 0.497 e. The molecule has 0 saturated heterocycles. The van der Waals surface area contributed by atoms with Gasteiger partial charge in [0.25, 0.3) is 0 Å². The first-order valence-electron chi connectivity index (χ1n) is 12.5. The summed E-state index contributed by atoms with van der Waals surface area (Å²) < 4.78 is 10.7. The first-order valence-corrected chi connectivity index (χ1v) is 12.5. The number of benzene rings is 2. The lowest BCUT2D eigenvalue weighted by Gasteiger charge is -2.27. The lowest BCUT2D eigenvalue weighted by Crippen LogP contribution is -2.19. The third-order valence-electron chi connectivity index (χ3n) is 7.92. The highest BCUT2D eigenvalue weighted by molar-refractivity contribution is 5.80. The lowest BCUT2D eigenvalue weighted by molar-refractivity contribution is -0.120. The molecule has 3 heteroatoms. The number of Topliss-reactive ketones (excluding diaryl/α,β-unsaturated/α-hetero) is 1. The van der Waals surface area contributed by atoms with Crippen molar-refractivity contribution in [3.63, 3.8) is 0 Å². The van der Waals surface area contributed by atoms with Gasteiger partial charge in [0, 0.05) is 12.8 Å². The second-order valence-corrected chi connectivity index (χ2v) is 9.80. The average Bonchev–Trinajstić information content (AvgIpc) is 3.56. The van der Waals surface area contributed by atoms with E-state index in [0.29, 0.717) is 42.3 Å². The summed E-state index contributed by atoms with van der Waals surface area (Å²) in [5, 5.41) is 0. The Hall–Kier alpha value is -2.29. The zero-order chi connectivity index (χ0) is 22.3. The summed E-state index contributed by atoms with van der Waals surface area (Å²) in [5.74, 6) is 4.09. The number of carbonyl (C=O) groups is 1. The minimum atomic E-state index is 0.330. The SMILES string of the molecule is COc1ccc([C@H](CC(=O)C[C@@H](c2ccc(OC)cc2)C2CCCC2)C2CCCC2)cc1. The molecular weight excluding hydrogens is 396 g/mol. The molecule has 2 aromatic rings. The zero-order valence-electron chi connectivity index (χ0n) is 19.7. The molecule has 2 atom stereocenters. The molecule has 0 aromatic heterocycles. The smallest absolute Gasteiger partial charge is 0.134 e. The number of hydrogen-bond acceptors (Lipinski definition) is 3. The molecule has 3 nitrogen and oxygen atoms in total. The van der Waals surface area contributed by atoms with Crippen molar-refractivity contribution in [1.29, 1.82) is 0 Å². The van der Waals surface area contributed by atoms with E-state index in [0.717, 1.165) is 11.5 Å². The molecule has 0 spiro atoms. The summed E-state index contributed by atoms with van der Waals surface area (Å²) in [6, 6.07) is 16.9. The molecule has 4 rings (SSSR count). The maximum absolute atomic E-state index is 13.5. The van der Waals surface area contributed by atoms with Crippen molar-refractivity contribution in [2.45, 2.75) is 76.0 Å². The van der Waals surface area contributed by atoms with E-state index in [1.165, 1.54) is 62.5 Å². The molecule has 32 heavy (non-hydrogen) atoms. The van der Waals surface area contributed by atoms with Crippen LogP contribution in [0.25, 0.3) is 0 Å². The van der Waals surface area contributed by atoms with Crippen molar-refractivity contribution in [3.8, 4) is 11.5 Å². The van der Waals surface area contributed by atoms with Crippen LogP contribution in [0.3, 0.4) is 0 Å². The third-order valence-corrected chi connectivity index (χ3v) is 7.92. The van der Waals surface area contributed by atoms with Gasteiger partial charge in [-0.2, -0.15) is 0 Å². The Balaban J connectivity index is 1.51. The monoisotopic (exact) mass is 434 g/mol. The van der Waals surface area contributed by atoms with Gasteiger partial charge in [0.2, 0.25) is 0 Å². The van der Waals surface area contributed by atoms with Crippen molar-refractivity contribution < 1.29 is 14.3 Å². The second-order valence-electron chi connectivity index (χ2n) is 9.80. The molecule has 0 N–H and O–H groups in total. The predicted molar refractivity (Wildman–Crippen MR) is 130 cm³/mol. The molecule has 172 valence electrons. The van der Waals surface area contributed by atoms with Crippen LogP contribution in [-0.2, 0) is 4.79 Å². The van der Waals surface area contributed by atoms with E-state index >= 15 is 0 Å². The molecule has 2 saturated carbocycles. The summed E-state index contributed by atoms with van der Waals surface area (Å²) in [6.45, 7) is 0. The van der Waals surface area contributed by atoms with Crippen molar-refractivity contribution >= 4 is 5.78 Å². The van der Waals surface area contributed by atoms with E-state index in [2.05, 4.69) is 24.3 Å². The molecule has 0 aliphatic heterocycles. The fourth-order valence-corrected chi connectivity index (χ4v) is 6.11. The Morgan fingerprint density at radius 1 is 0.688 bits per heavy atom. The van der Waals surface area contributed by atoms with Crippen molar-refractivity contribution in [3.05, 3.63) is 59.7 Å². The van der Waals surface area contributed by atoms with Gasteiger partial charge in [-0.3, -0.25) is 4.79 Å². The van der Waals surface area contributed by atoms with Crippen molar-refractivity contribution in [1.82, 2.24) is 0 Å². The van der Waals surface area contributed by atoms with Gasteiger partial charge >= 0.3 is 0 Å². The molecule has 2 aliphatic carbocycles. The summed E-state index contributed by atoms with van der Waals surface area (Å²) in [4.78, 5) is 13.5. The highest BCUT2D eigenvalue weighted by Crippen LogP contribution is 2.43. The fourth-order valence-electron chi connectivity index (χ4n) is 6.11. The first-order chi connectivity index (χ1) is 15.7. The van der Waals surface area contributed by atoms with Gasteiger partial charge in [-0.25, -0.2) is 0 Å². The van der Waals surface area contributed by atoms with E-state index in [4.69, 9.17) is 9.47 Å². The molecular formula is C29H38O3. The van der Waals surface area contributed by atoms with E-state index in [9.17, 15) is 4.79 Å². The van der Waals surface area contributed by atoms with E-state index in [1.54, 1.807) is 14.2 Å². The van der Waals surface area contributed by atoms with Gasteiger partial charge in [0.15, 0.2) is 0 Å². The molecule has 2 fully saturated rings. The van der Waals surface area contributed by atoms with E-state index in [-0.39, 0.29) is 0 Å². The Bertz CT molecular complexity index is 771. The van der Waals surface area contributed by atoms with E-state index in [1.807, 2.05) is 24.3 Å². The number of hydrogen-bond donors (Lipinski definition) is 0. The minimum absolute atomic E-state index is 0.330. The zero-order valence-corrected chi connectivity index (χ0v) is 19.7. The van der Waals surface area contributed by atoms with Gasteiger partial charge in [-0.15, -0.1) is 0 Å². The number of carbonyl (C=O) groups excluding carboxylic acids is 1. The quantitative estimate of drug-likeness (QED) is 0.393. The summed E-state index contributed by atoms with van der Waals surface area (Å²) in [6.07, 6.45) is 11.5. The maximum atomic E-state index is 13.5. The molecule has 0 heterocycles. The van der Waals surface area contributed by atoms with Gasteiger partial charge in [-0.05, 0) is 84.7 Å². The Morgan fingerprint density at radius 2 is 1.03 bits per heavy atom. The predicted octanol–water partition coefficient (Wildman–Crippen LogP) is 7.30.